The minimum atomic E-state index is -0.431. The Kier molecular flexibility index (Phi) is 5.99. The number of aromatic hydroxyl groups is 1. The fourth-order valence-electron chi connectivity index (χ4n) is 3.09. The Hall–Kier alpha value is -2.70. The summed E-state index contributed by atoms with van der Waals surface area (Å²) >= 11 is 0. The normalized spacial score (nSPS) is 16.2. The van der Waals surface area contributed by atoms with Crippen LogP contribution in [-0.2, 0) is 6.54 Å². The van der Waals surface area contributed by atoms with Gasteiger partial charge in [-0.3, -0.25) is 19.9 Å². The Bertz CT molecular complexity index is 769. The highest BCUT2D eigenvalue weighted by Crippen LogP contribution is 2.24. The lowest BCUT2D eigenvalue weighted by atomic mass is 10.1. The van der Waals surface area contributed by atoms with Gasteiger partial charge >= 0.3 is 0 Å². The smallest absolute Gasteiger partial charge is 0.270 e. The van der Waals surface area contributed by atoms with E-state index in [0.29, 0.717) is 12.1 Å². The van der Waals surface area contributed by atoms with E-state index < -0.39 is 4.92 Å². The maximum Gasteiger partial charge on any atom is 0.270 e. The van der Waals surface area contributed by atoms with Gasteiger partial charge in [0.05, 0.1) is 4.92 Å². The van der Waals surface area contributed by atoms with Crippen molar-refractivity contribution in [1.82, 2.24) is 9.80 Å². The minimum Gasteiger partial charge on any atom is -0.508 e. The molecule has 136 valence electrons. The van der Waals surface area contributed by atoms with Crippen LogP contribution in [-0.4, -0.2) is 52.6 Å². The van der Waals surface area contributed by atoms with E-state index in [1.807, 2.05) is 18.2 Å². The molecule has 0 atom stereocenters. The van der Waals surface area contributed by atoms with Gasteiger partial charge in [0.1, 0.15) is 5.75 Å². The second-order valence-corrected chi connectivity index (χ2v) is 6.46. The van der Waals surface area contributed by atoms with Crippen molar-refractivity contribution in [2.75, 3.05) is 32.7 Å². The molecule has 2 aromatic rings. The van der Waals surface area contributed by atoms with E-state index in [2.05, 4.69) is 34.1 Å². The highest BCUT2D eigenvalue weighted by molar-refractivity contribution is 5.48. The number of benzene rings is 2. The first-order chi connectivity index (χ1) is 12.6. The third kappa shape index (κ3) is 4.91. The molecule has 26 heavy (non-hydrogen) atoms. The molecule has 1 aliphatic rings. The maximum absolute atomic E-state index is 10.9. The number of piperazine rings is 1. The largest absolute Gasteiger partial charge is 0.508 e. The van der Waals surface area contributed by atoms with Crippen molar-refractivity contribution in [2.24, 2.45) is 0 Å². The molecule has 2 aromatic carbocycles. The van der Waals surface area contributed by atoms with Crippen LogP contribution in [0.1, 0.15) is 11.1 Å². The third-order valence-electron chi connectivity index (χ3n) is 4.61. The number of non-ortho nitro benzene ring substituents is 1. The minimum absolute atomic E-state index is 0.0162. The zero-order valence-corrected chi connectivity index (χ0v) is 14.6. The van der Waals surface area contributed by atoms with Gasteiger partial charge in [-0.2, -0.15) is 0 Å². The van der Waals surface area contributed by atoms with Crippen LogP contribution in [0.5, 0.6) is 5.75 Å². The maximum atomic E-state index is 10.9. The first kappa shape index (κ1) is 18.1. The van der Waals surface area contributed by atoms with Crippen molar-refractivity contribution in [1.29, 1.82) is 0 Å². The number of nitrogens with zero attached hydrogens (tertiary/aromatic N) is 3. The Morgan fingerprint density at radius 2 is 1.73 bits per heavy atom. The average molecular weight is 353 g/mol. The SMILES string of the molecule is O=[N+]([O-])c1ccc(O)c(CN2CCN(CC=Cc3ccccc3)CC2)c1. The molecule has 0 bridgehead atoms. The van der Waals surface area contributed by atoms with Gasteiger partial charge in [-0.1, -0.05) is 42.5 Å². The standard InChI is InChI=1S/C20H23N3O3/c24-20-9-8-19(23(25)26)15-18(20)16-22-13-11-21(12-14-22)10-4-7-17-5-2-1-3-6-17/h1-9,15,24H,10-14,16H2. The Morgan fingerprint density at radius 3 is 2.42 bits per heavy atom. The van der Waals surface area contributed by atoms with Crippen molar-refractivity contribution in [3.05, 3.63) is 75.8 Å². The average Bonchev–Trinajstić information content (AvgIpc) is 2.65. The van der Waals surface area contributed by atoms with Gasteiger partial charge in [-0.15, -0.1) is 0 Å². The lowest BCUT2D eigenvalue weighted by Gasteiger charge is -2.34. The van der Waals surface area contributed by atoms with Crippen LogP contribution in [0.25, 0.3) is 6.08 Å². The van der Waals surface area contributed by atoms with Crippen LogP contribution in [0.15, 0.2) is 54.6 Å². The predicted octanol–water partition coefficient (Wildman–Crippen LogP) is 3.13. The molecule has 1 heterocycles. The van der Waals surface area contributed by atoms with E-state index in [4.69, 9.17) is 0 Å². The molecule has 1 N–H and O–H groups in total. The van der Waals surface area contributed by atoms with Gasteiger partial charge in [-0.25, -0.2) is 0 Å². The Morgan fingerprint density at radius 1 is 1.04 bits per heavy atom. The molecular formula is C20H23N3O3. The second kappa shape index (κ2) is 8.60. The van der Waals surface area contributed by atoms with Crippen LogP contribution in [0.2, 0.25) is 0 Å². The molecule has 6 heteroatoms. The fourth-order valence-corrected chi connectivity index (χ4v) is 3.09. The van der Waals surface area contributed by atoms with Crippen LogP contribution < -0.4 is 0 Å². The molecule has 1 fully saturated rings. The van der Waals surface area contributed by atoms with E-state index in [-0.39, 0.29) is 11.4 Å². The van der Waals surface area contributed by atoms with Crippen molar-refractivity contribution >= 4 is 11.8 Å². The molecule has 0 aromatic heterocycles. The third-order valence-corrected chi connectivity index (χ3v) is 4.61. The number of nitro benzene ring substituents is 1. The molecule has 6 nitrogen and oxygen atoms in total. The molecule has 0 unspecified atom stereocenters. The monoisotopic (exact) mass is 353 g/mol. The van der Waals surface area contributed by atoms with Crippen LogP contribution >= 0.6 is 0 Å². The summed E-state index contributed by atoms with van der Waals surface area (Å²) in [7, 11) is 0. The molecule has 0 saturated carbocycles. The fraction of sp³-hybridized carbons (Fsp3) is 0.300. The van der Waals surface area contributed by atoms with Crippen molar-refractivity contribution in [3.63, 3.8) is 0 Å². The molecule has 0 radical (unpaired) electrons. The first-order valence-electron chi connectivity index (χ1n) is 8.74. The lowest BCUT2D eigenvalue weighted by molar-refractivity contribution is -0.385. The van der Waals surface area contributed by atoms with Crippen molar-refractivity contribution in [3.8, 4) is 5.75 Å². The molecule has 0 spiro atoms. The van der Waals surface area contributed by atoms with E-state index >= 15 is 0 Å². The Balaban J connectivity index is 1.49. The Labute approximate surface area is 153 Å². The number of phenolic OH excluding ortho intramolecular Hbond substituents is 1. The van der Waals surface area contributed by atoms with Gasteiger partial charge in [0.15, 0.2) is 0 Å². The molecule has 1 aliphatic heterocycles. The van der Waals surface area contributed by atoms with Crippen LogP contribution in [0.3, 0.4) is 0 Å². The summed E-state index contributed by atoms with van der Waals surface area (Å²) in [6.07, 6.45) is 4.31. The van der Waals surface area contributed by atoms with E-state index in [0.717, 1.165) is 32.7 Å². The number of phenols is 1. The molecule has 0 aliphatic carbocycles. The number of nitro groups is 1. The van der Waals surface area contributed by atoms with Crippen molar-refractivity contribution in [2.45, 2.75) is 6.54 Å². The van der Waals surface area contributed by atoms with Gasteiger partial charge in [-0.05, 0) is 11.6 Å². The number of rotatable bonds is 6. The second-order valence-electron chi connectivity index (χ2n) is 6.46. The van der Waals surface area contributed by atoms with E-state index in [1.54, 1.807) is 0 Å². The summed E-state index contributed by atoms with van der Waals surface area (Å²) in [6.45, 7) is 5.07. The predicted molar refractivity (Wildman–Crippen MR) is 102 cm³/mol. The van der Waals surface area contributed by atoms with Crippen LogP contribution in [0.4, 0.5) is 5.69 Å². The van der Waals surface area contributed by atoms with Gasteiger partial charge in [0.2, 0.25) is 0 Å². The summed E-state index contributed by atoms with van der Waals surface area (Å²) in [6, 6.07) is 14.4. The topological polar surface area (TPSA) is 69.8 Å². The molecule has 3 rings (SSSR count). The van der Waals surface area contributed by atoms with E-state index in [9.17, 15) is 15.2 Å². The quantitative estimate of drug-likeness (QED) is 0.638. The summed E-state index contributed by atoms with van der Waals surface area (Å²) in [5.74, 6) is 0.115. The van der Waals surface area contributed by atoms with Gasteiger partial charge in [0, 0.05) is 57.0 Å². The summed E-state index contributed by atoms with van der Waals surface area (Å²) < 4.78 is 0. The highest BCUT2D eigenvalue weighted by Gasteiger charge is 2.18. The number of hydrogen-bond donors (Lipinski definition) is 1. The molecule has 1 saturated heterocycles. The lowest BCUT2D eigenvalue weighted by Crippen LogP contribution is -2.45. The molecular weight excluding hydrogens is 330 g/mol. The van der Waals surface area contributed by atoms with Gasteiger partial charge in [0.25, 0.3) is 5.69 Å². The highest BCUT2D eigenvalue weighted by atomic mass is 16.6. The zero-order valence-electron chi connectivity index (χ0n) is 14.6. The van der Waals surface area contributed by atoms with Crippen molar-refractivity contribution < 1.29 is 10.0 Å². The first-order valence-corrected chi connectivity index (χ1v) is 8.74. The summed E-state index contributed by atoms with van der Waals surface area (Å²) in [4.78, 5) is 15.1. The summed E-state index contributed by atoms with van der Waals surface area (Å²) in [5.41, 5.74) is 1.83. The number of hydrogen-bond acceptors (Lipinski definition) is 5. The zero-order chi connectivity index (χ0) is 18.4. The van der Waals surface area contributed by atoms with Gasteiger partial charge < -0.3 is 5.11 Å². The molecule has 0 amide bonds. The van der Waals surface area contributed by atoms with E-state index in [1.165, 1.54) is 23.8 Å². The van der Waals surface area contributed by atoms with Crippen LogP contribution in [0, 0.1) is 10.1 Å². The summed E-state index contributed by atoms with van der Waals surface area (Å²) in [5, 5.41) is 20.9.